The van der Waals surface area contributed by atoms with Gasteiger partial charge in [0.2, 0.25) is 5.71 Å². The minimum atomic E-state index is -4.70. The lowest BCUT2D eigenvalue weighted by molar-refractivity contribution is -0.0609. The summed E-state index contributed by atoms with van der Waals surface area (Å²) in [5.74, 6) is -0.509. The highest BCUT2D eigenvalue weighted by Gasteiger charge is 2.39. The Bertz CT molecular complexity index is 275. The van der Waals surface area contributed by atoms with Gasteiger partial charge in [0.15, 0.2) is 5.76 Å². The van der Waals surface area contributed by atoms with Crippen LogP contribution in [0.15, 0.2) is 28.0 Å². The molecule has 0 atom stereocenters. The van der Waals surface area contributed by atoms with Crippen molar-refractivity contribution in [1.82, 2.24) is 0 Å². The predicted molar refractivity (Wildman–Crippen MR) is 33.1 cm³/mol. The topological polar surface area (TPSA) is 45.7 Å². The van der Waals surface area contributed by atoms with Gasteiger partial charge in [0.05, 0.1) is 6.26 Å². The van der Waals surface area contributed by atoms with E-state index in [1.54, 1.807) is 0 Å². The second-order valence-electron chi connectivity index (χ2n) is 1.92. The average Bonchev–Trinajstić information content (AvgIpc) is 2.38. The van der Waals surface area contributed by atoms with E-state index in [2.05, 4.69) is 9.57 Å². The molecule has 12 heavy (non-hydrogen) atoms. The third-order valence-electron chi connectivity index (χ3n) is 1.12. The van der Waals surface area contributed by atoms with E-state index in [0.717, 1.165) is 12.3 Å². The second kappa shape index (κ2) is 2.88. The molecule has 1 aromatic rings. The number of hydrogen-bond acceptors (Lipinski definition) is 3. The molecule has 0 radical (unpaired) electrons. The second-order valence-corrected chi connectivity index (χ2v) is 1.92. The summed E-state index contributed by atoms with van der Waals surface area (Å²) in [7, 11) is 0. The van der Waals surface area contributed by atoms with Crippen LogP contribution in [-0.4, -0.2) is 17.1 Å². The molecule has 0 bridgehead atoms. The number of hydrogen-bond donors (Lipinski definition) is 1. The summed E-state index contributed by atoms with van der Waals surface area (Å²) < 4.78 is 40.2. The minimum Gasteiger partial charge on any atom is -0.463 e. The molecule has 0 aromatic carbocycles. The molecule has 0 aliphatic carbocycles. The Kier molecular flexibility index (Phi) is 2.07. The summed E-state index contributed by atoms with van der Waals surface area (Å²) >= 11 is 0. The molecule has 1 aromatic heterocycles. The van der Waals surface area contributed by atoms with Crippen LogP contribution in [0.3, 0.4) is 0 Å². The third-order valence-corrected chi connectivity index (χ3v) is 1.12. The summed E-state index contributed by atoms with van der Waals surface area (Å²) in [6.45, 7) is 0. The normalized spacial score (nSPS) is 13.4. The summed E-state index contributed by atoms with van der Waals surface area (Å²) in [6, 6.07) is 2.33. The molecule has 0 aliphatic heterocycles. The van der Waals surface area contributed by atoms with Gasteiger partial charge in [-0.3, -0.25) is 0 Å². The standard InChI is InChI=1S/C6H4F3NO2/c7-6(8,9)5(10-11)4-2-1-3-12-4/h1-3,11H/b10-5+. The van der Waals surface area contributed by atoms with Gasteiger partial charge in [0, 0.05) is 0 Å². The molecule has 1 N–H and O–H groups in total. The Morgan fingerprint density at radius 2 is 2.17 bits per heavy atom. The highest BCUT2D eigenvalue weighted by atomic mass is 19.4. The molecule has 0 saturated carbocycles. The monoisotopic (exact) mass is 179 g/mol. The molecule has 0 fully saturated rings. The lowest BCUT2D eigenvalue weighted by atomic mass is 10.3. The fraction of sp³-hybridized carbons (Fsp3) is 0.167. The van der Waals surface area contributed by atoms with E-state index in [0.29, 0.717) is 0 Å². The number of nitrogens with zero attached hydrogens (tertiary/aromatic N) is 1. The van der Waals surface area contributed by atoms with Gasteiger partial charge in [-0.1, -0.05) is 5.16 Å². The number of halogens is 3. The van der Waals surface area contributed by atoms with Gasteiger partial charge in [-0.05, 0) is 12.1 Å². The summed E-state index contributed by atoms with van der Waals surface area (Å²) in [5.41, 5.74) is -1.44. The van der Waals surface area contributed by atoms with Gasteiger partial charge in [-0.25, -0.2) is 0 Å². The van der Waals surface area contributed by atoms with Crippen LogP contribution in [0.4, 0.5) is 13.2 Å². The van der Waals surface area contributed by atoms with E-state index in [4.69, 9.17) is 5.21 Å². The molecule has 1 heterocycles. The summed E-state index contributed by atoms with van der Waals surface area (Å²) in [6.07, 6.45) is -3.64. The number of rotatable bonds is 1. The van der Waals surface area contributed by atoms with Crippen molar-refractivity contribution in [2.45, 2.75) is 6.18 Å². The summed E-state index contributed by atoms with van der Waals surface area (Å²) in [4.78, 5) is 0. The molecule has 3 nitrogen and oxygen atoms in total. The van der Waals surface area contributed by atoms with E-state index in [-0.39, 0.29) is 0 Å². The van der Waals surface area contributed by atoms with Crippen molar-refractivity contribution in [3.8, 4) is 0 Å². The van der Waals surface area contributed by atoms with Gasteiger partial charge >= 0.3 is 6.18 Å². The Morgan fingerprint density at radius 3 is 2.50 bits per heavy atom. The molecule has 0 amide bonds. The lowest BCUT2D eigenvalue weighted by Gasteiger charge is -2.04. The smallest absolute Gasteiger partial charge is 0.440 e. The fourth-order valence-electron chi connectivity index (χ4n) is 0.659. The van der Waals surface area contributed by atoms with Crippen molar-refractivity contribution < 1.29 is 22.8 Å². The molecular formula is C6H4F3NO2. The molecule has 0 saturated heterocycles. The Morgan fingerprint density at radius 1 is 1.50 bits per heavy atom. The average molecular weight is 179 g/mol. The van der Waals surface area contributed by atoms with Crippen molar-refractivity contribution in [2.75, 3.05) is 0 Å². The Labute approximate surface area is 65.1 Å². The number of alkyl halides is 3. The molecule has 1 rings (SSSR count). The lowest BCUT2D eigenvalue weighted by Crippen LogP contribution is -2.23. The van der Waals surface area contributed by atoms with Gasteiger partial charge in [-0.15, -0.1) is 0 Å². The molecule has 0 spiro atoms. The number of oxime groups is 1. The molecule has 0 aliphatic rings. The van der Waals surface area contributed by atoms with E-state index < -0.39 is 17.6 Å². The van der Waals surface area contributed by atoms with E-state index >= 15 is 0 Å². The van der Waals surface area contributed by atoms with Crippen LogP contribution >= 0.6 is 0 Å². The van der Waals surface area contributed by atoms with Crippen LogP contribution in [0, 0.1) is 0 Å². The highest BCUT2D eigenvalue weighted by Crippen LogP contribution is 2.22. The van der Waals surface area contributed by atoms with Crippen molar-refractivity contribution in [1.29, 1.82) is 0 Å². The van der Waals surface area contributed by atoms with Gasteiger partial charge < -0.3 is 9.62 Å². The zero-order valence-corrected chi connectivity index (χ0v) is 5.67. The number of furan rings is 1. The maximum Gasteiger partial charge on any atom is 0.440 e. The van der Waals surface area contributed by atoms with Gasteiger partial charge in [-0.2, -0.15) is 13.2 Å². The Balaban J connectivity index is 3.01. The van der Waals surface area contributed by atoms with E-state index in [1.165, 1.54) is 6.07 Å². The SMILES string of the molecule is O/N=C(\c1ccco1)C(F)(F)F. The van der Waals surface area contributed by atoms with Crippen molar-refractivity contribution in [2.24, 2.45) is 5.16 Å². The van der Waals surface area contributed by atoms with Gasteiger partial charge in [0.1, 0.15) is 0 Å². The van der Waals surface area contributed by atoms with Crippen LogP contribution in [0.25, 0.3) is 0 Å². The zero-order valence-electron chi connectivity index (χ0n) is 5.67. The van der Waals surface area contributed by atoms with Crippen LogP contribution in [-0.2, 0) is 0 Å². The van der Waals surface area contributed by atoms with E-state index in [1.807, 2.05) is 0 Å². The van der Waals surface area contributed by atoms with Crippen molar-refractivity contribution in [3.05, 3.63) is 24.2 Å². The third kappa shape index (κ3) is 1.58. The first kappa shape index (κ1) is 8.63. The fourth-order valence-corrected chi connectivity index (χ4v) is 0.659. The molecule has 6 heteroatoms. The minimum absolute atomic E-state index is 0.509. The van der Waals surface area contributed by atoms with Gasteiger partial charge in [0.25, 0.3) is 0 Å². The zero-order chi connectivity index (χ0) is 9.19. The van der Waals surface area contributed by atoms with Crippen LogP contribution < -0.4 is 0 Å². The highest BCUT2D eigenvalue weighted by molar-refractivity contribution is 6.01. The van der Waals surface area contributed by atoms with Crippen LogP contribution in [0.1, 0.15) is 5.76 Å². The first-order chi connectivity index (χ1) is 5.55. The maximum absolute atomic E-state index is 11.9. The largest absolute Gasteiger partial charge is 0.463 e. The first-order valence-corrected chi connectivity index (χ1v) is 2.89. The van der Waals surface area contributed by atoms with Crippen molar-refractivity contribution in [3.63, 3.8) is 0 Å². The van der Waals surface area contributed by atoms with Crippen LogP contribution in [0.2, 0.25) is 0 Å². The van der Waals surface area contributed by atoms with Crippen molar-refractivity contribution >= 4 is 5.71 Å². The first-order valence-electron chi connectivity index (χ1n) is 2.89. The molecule has 0 unspecified atom stereocenters. The van der Waals surface area contributed by atoms with Crippen LogP contribution in [0.5, 0.6) is 0 Å². The Hall–Kier alpha value is -1.46. The van der Waals surface area contributed by atoms with E-state index in [9.17, 15) is 13.2 Å². The molecular weight excluding hydrogens is 175 g/mol. The summed E-state index contributed by atoms with van der Waals surface area (Å²) in [5, 5.41) is 10.1. The molecule has 66 valence electrons. The predicted octanol–water partition coefficient (Wildman–Crippen LogP) is 2.02. The maximum atomic E-state index is 11.9. The quantitative estimate of drug-likeness (QED) is 0.407.